The van der Waals surface area contributed by atoms with Crippen molar-refractivity contribution in [2.75, 3.05) is 5.32 Å². The van der Waals surface area contributed by atoms with Crippen LogP contribution in [0.5, 0.6) is 0 Å². The molecular weight excluding hydrogens is 302 g/mol. The summed E-state index contributed by atoms with van der Waals surface area (Å²) in [5.41, 5.74) is 3.31. The van der Waals surface area contributed by atoms with Crippen LogP contribution in [0.3, 0.4) is 0 Å². The van der Waals surface area contributed by atoms with E-state index in [4.69, 9.17) is 11.6 Å². The van der Waals surface area contributed by atoms with Crippen LogP contribution in [0.25, 0.3) is 0 Å². The highest BCUT2D eigenvalue weighted by Crippen LogP contribution is 2.26. The minimum atomic E-state index is 0.376. The average molecular weight is 313 g/mol. The lowest BCUT2D eigenvalue weighted by Crippen LogP contribution is -1.96. The van der Waals surface area contributed by atoms with Crippen LogP contribution in [0.15, 0.2) is 29.0 Å². The predicted molar refractivity (Wildman–Crippen MR) is 73.9 cm³/mol. The SMILES string of the molecule is Cc1cc(Nc2cncc(Cl)n2)cc(C)c1Br. The van der Waals surface area contributed by atoms with Crippen molar-refractivity contribution < 1.29 is 0 Å². The quantitative estimate of drug-likeness (QED) is 0.900. The molecular formula is C12H11BrClN3. The zero-order chi connectivity index (χ0) is 12.4. The molecule has 3 nitrogen and oxygen atoms in total. The van der Waals surface area contributed by atoms with Gasteiger partial charge in [0.2, 0.25) is 0 Å². The Hall–Kier alpha value is -1.13. The van der Waals surface area contributed by atoms with E-state index in [1.807, 2.05) is 26.0 Å². The monoisotopic (exact) mass is 311 g/mol. The lowest BCUT2D eigenvalue weighted by molar-refractivity contribution is 1.19. The third-order valence-electron chi connectivity index (χ3n) is 2.31. The van der Waals surface area contributed by atoms with Crippen molar-refractivity contribution in [2.24, 2.45) is 0 Å². The first kappa shape index (κ1) is 12.3. The maximum atomic E-state index is 5.78. The van der Waals surface area contributed by atoms with E-state index in [0.29, 0.717) is 11.0 Å². The fraction of sp³-hybridized carbons (Fsp3) is 0.167. The van der Waals surface area contributed by atoms with Gasteiger partial charge in [0, 0.05) is 10.2 Å². The van der Waals surface area contributed by atoms with Gasteiger partial charge in [-0.15, -0.1) is 0 Å². The number of hydrogen-bond acceptors (Lipinski definition) is 3. The molecule has 1 heterocycles. The van der Waals surface area contributed by atoms with Gasteiger partial charge in [-0.25, -0.2) is 4.98 Å². The molecule has 0 saturated heterocycles. The van der Waals surface area contributed by atoms with Crippen molar-refractivity contribution in [1.82, 2.24) is 9.97 Å². The summed E-state index contributed by atoms with van der Waals surface area (Å²) in [7, 11) is 0. The van der Waals surface area contributed by atoms with E-state index in [9.17, 15) is 0 Å². The van der Waals surface area contributed by atoms with Gasteiger partial charge in [0.1, 0.15) is 5.15 Å². The zero-order valence-electron chi connectivity index (χ0n) is 9.46. The van der Waals surface area contributed by atoms with Crippen LogP contribution in [0.2, 0.25) is 5.15 Å². The van der Waals surface area contributed by atoms with Gasteiger partial charge in [0.25, 0.3) is 0 Å². The molecule has 88 valence electrons. The minimum Gasteiger partial charge on any atom is -0.339 e. The zero-order valence-corrected chi connectivity index (χ0v) is 11.8. The molecule has 1 aromatic heterocycles. The first-order valence-electron chi connectivity index (χ1n) is 5.07. The number of benzene rings is 1. The van der Waals surface area contributed by atoms with Gasteiger partial charge in [-0.2, -0.15) is 0 Å². The molecule has 0 aliphatic rings. The Bertz CT molecular complexity index is 534. The Balaban J connectivity index is 2.31. The molecule has 2 aromatic rings. The van der Waals surface area contributed by atoms with E-state index >= 15 is 0 Å². The highest BCUT2D eigenvalue weighted by Gasteiger charge is 2.03. The molecule has 0 spiro atoms. The predicted octanol–water partition coefficient (Wildman–Crippen LogP) is 4.25. The van der Waals surface area contributed by atoms with E-state index in [0.717, 1.165) is 10.2 Å². The van der Waals surface area contributed by atoms with Gasteiger partial charge in [-0.3, -0.25) is 4.98 Å². The van der Waals surface area contributed by atoms with Crippen molar-refractivity contribution in [3.05, 3.63) is 45.3 Å². The Kier molecular flexibility index (Phi) is 3.64. The second-order valence-corrected chi connectivity index (χ2v) is 4.96. The van der Waals surface area contributed by atoms with Gasteiger partial charge in [0.15, 0.2) is 5.82 Å². The van der Waals surface area contributed by atoms with Crippen LogP contribution in [-0.2, 0) is 0 Å². The number of hydrogen-bond donors (Lipinski definition) is 1. The standard InChI is InChI=1S/C12H11BrClN3/c1-7-3-9(4-8(2)12(7)13)16-11-6-15-5-10(14)17-11/h3-6H,1-2H3,(H,16,17). The van der Waals surface area contributed by atoms with E-state index in [2.05, 4.69) is 31.2 Å². The second kappa shape index (κ2) is 5.02. The van der Waals surface area contributed by atoms with E-state index in [1.165, 1.54) is 17.3 Å². The van der Waals surface area contributed by atoms with Gasteiger partial charge in [-0.05, 0) is 37.1 Å². The fourth-order valence-electron chi connectivity index (χ4n) is 1.57. The molecule has 0 aliphatic carbocycles. The number of aromatic nitrogens is 2. The van der Waals surface area contributed by atoms with Gasteiger partial charge in [-0.1, -0.05) is 27.5 Å². The molecule has 0 atom stereocenters. The Labute approximate surface area is 113 Å². The van der Waals surface area contributed by atoms with E-state index < -0.39 is 0 Å². The molecule has 17 heavy (non-hydrogen) atoms. The van der Waals surface area contributed by atoms with Crippen molar-refractivity contribution >= 4 is 39.0 Å². The molecule has 2 rings (SSSR count). The number of nitrogens with zero attached hydrogens (tertiary/aromatic N) is 2. The number of anilines is 2. The molecule has 0 amide bonds. The largest absolute Gasteiger partial charge is 0.339 e. The van der Waals surface area contributed by atoms with Crippen molar-refractivity contribution in [2.45, 2.75) is 13.8 Å². The fourth-order valence-corrected chi connectivity index (χ4v) is 1.94. The second-order valence-electron chi connectivity index (χ2n) is 3.78. The van der Waals surface area contributed by atoms with Crippen LogP contribution in [-0.4, -0.2) is 9.97 Å². The van der Waals surface area contributed by atoms with Crippen LogP contribution >= 0.6 is 27.5 Å². The molecule has 0 bridgehead atoms. The summed E-state index contributed by atoms with van der Waals surface area (Å²) in [6.45, 7) is 4.10. The average Bonchev–Trinajstić information content (AvgIpc) is 2.26. The summed E-state index contributed by atoms with van der Waals surface area (Å²) < 4.78 is 1.13. The molecule has 0 saturated carbocycles. The van der Waals surface area contributed by atoms with Gasteiger partial charge >= 0.3 is 0 Å². The summed E-state index contributed by atoms with van der Waals surface area (Å²) in [5.74, 6) is 0.638. The Morgan fingerprint density at radius 1 is 1.18 bits per heavy atom. The molecule has 0 unspecified atom stereocenters. The summed E-state index contributed by atoms with van der Waals surface area (Å²) in [5, 5.41) is 3.55. The molecule has 0 radical (unpaired) electrons. The first-order chi connectivity index (χ1) is 8.06. The molecule has 0 fully saturated rings. The smallest absolute Gasteiger partial charge is 0.150 e. The minimum absolute atomic E-state index is 0.376. The molecule has 1 N–H and O–H groups in total. The number of rotatable bonds is 2. The summed E-state index contributed by atoms with van der Waals surface area (Å²) >= 11 is 9.31. The molecule has 0 aliphatic heterocycles. The van der Waals surface area contributed by atoms with Crippen LogP contribution in [0.1, 0.15) is 11.1 Å². The molecule has 5 heteroatoms. The van der Waals surface area contributed by atoms with Crippen molar-refractivity contribution in [3.63, 3.8) is 0 Å². The normalized spacial score (nSPS) is 10.4. The highest BCUT2D eigenvalue weighted by atomic mass is 79.9. The first-order valence-corrected chi connectivity index (χ1v) is 6.24. The molecule has 1 aromatic carbocycles. The number of halogens is 2. The lowest BCUT2D eigenvalue weighted by atomic mass is 10.1. The Morgan fingerprint density at radius 3 is 2.41 bits per heavy atom. The number of aryl methyl sites for hydroxylation is 2. The van der Waals surface area contributed by atoms with Crippen molar-refractivity contribution in [1.29, 1.82) is 0 Å². The summed E-state index contributed by atoms with van der Waals surface area (Å²) in [6, 6.07) is 4.08. The maximum Gasteiger partial charge on any atom is 0.150 e. The maximum absolute atomic E-state index is 5.78. The topological polar surface area (TPSA) is 37.8 Å². The Morgan fingerprint density at radius 2 is 1.82 bits per heavy atom. The highest BCUT2D eigenvalue weighted by molar-refractivity contribution is 9.10. The summed E-state index contributed by atoms with van der Waals surface area (Å²) in [4.78, 5) is 8.11. The van der Waals surface area contributed by atoms with Gasteiger partial charge < -0.3 is 5.32 Å². The summed E-state index contributed by atoms with van der Waals surface area (Å²) in [6.07, 6.45) is 3.14. The van der Waals surface area contributed by atoms with Gasteiger partial charge in [0.05, 0.1) is 12.4 Å². The number of nitrogens with one attached hydrogen (secondary N) is 1. The van der Waals surface area contributed by atoms with Crippen LogP contribution in [0, 0.1) is 13.8 Å². The van der Waals surface area contributed by atoms with Crippen LogP contribution < -0.4 is 5.32 Å². The van der Waals surface area contributed by atoms with Crippen molar-refractivity contribution in [3.8, 4) is 0 Å². The van der Waals surface area contributed by atoms with E-state index in [1.54, 1.807) is 6.20 Å². The van der Waals surface area contributed by atoms with E-state index in [-0.39, 0.29) is 0 Å². The third kappa shape index (κ3) is 2.96. The van der Waals surface area contributed by atoms with Crippen LogP contribution in [0.4, 0.5) is 11.5 Å². The lowest BCUT2D eigenvalue weighted by Gasteiger charge is -2.09. The third-order valence-corrected chi connectivity index (χ3v) is 3.75.